The summed E-state index contributed by atoms with van der Waals surface area (Å²) in [5, 5.41) is 18.5. The van der Waals surface area contributed by atoms with E-state index in [1.807, 2.05) is 0 Å². The van der Waals surface area contributed by atoms with Crippen molar-refractivity contribution < 1.29 is 15.0 Å². The number of aliphatic hydroxyl groups is 2. The number of carbonyl (C=O) groups excluding carboxylic acids is 1. The Labute approximate surface area is 66.0 Å². The van der Waals surface area contributed by atoms with Crippen molar-refractivity contribution in [3.8, 4) is 0 Å². The lowest BCUT2D eigenvalue weighted by atomic mass is 9.82. The smallest absolute Gasteiger partial charge is 0.135 e. The van der Waals surface area contributed by atoms with Crippen LogP contribution in [0.2, 0.25) is 0 Å². The Balaban J connectivity index is 2.54. The molecule has 1 saturated carbocycles. The largest absolute Gasteiger partial charge is 0.393 e. The third-order valence-electron chi connectivity index (χ3n) is 2.31. The minimum absolute atomic E-state index is 0.0174. The molecule has 1 fully saturated rings. The number of hydrogen-bond acceptors (Lipinski definition) is 3. The van der Waals surface area contributed by atoms with Gasteiger partial charge in [-0.1, -0.05) is 0 Å². The minimum atomic E-state index is -0.532. The first kappa shape index (κ1) is 8.68. The molecule has 1 aliphatic rings. The molecule has 64 valence electrons. The molecule has 3 atom stereocenters. The van der Waals surface area contributed by atoms with Gasteiger partial charge in [-0.2, -0.15) is 0 Å². The molecule has 3 heteroatoms. The van der Waals surface area contributed by atoms with E-state index in [9.17, 15) is 15.0 Å². The Kier molecular flexibility index (Phi) is 2.62. The van der Waals surface area contributed by atoms with Crippen molar-refractivity contribution in [2.45, 2.75) is 38.4 Å². The van der Waals surface area contributed by atoms with Gasteiger partial charge in [-0.3, -0.25) is 4.79 Å². The lowest BCUT2D eigenvalue weighted by Crippen LogP contribution is -2.35. The van der Waals surface area contributed by atoms with Gasteiger partial charge in [-0.25, -0.2) is 0 Å². The van der Waals surface area contributed by atoms with Gasteiger partial charge in [0.05, 0.1) is 12.2 Å². The number of ketones is 1. The van der Waals surface area contributed by atoms with Gasteiger partial charge in [0.15, 0.2) is 0 Å². The van der Waals surface area contributed by atoms with Crippen molar-refractivity contribution in [1.29, 1.82) is 0 Å². The van der Waals surface area contributed by atoms with Gasteiger partial charge in [0, 0.05) is 5.92 Å². The van der Waals surface area contributed by atoms with Crippen LogP contribution < -0.4 is 0 Å². The highest BCUT2D eigenvalue weighted by atomic mass is 16.3. The Morgan fingerprint density at radius 2 is 2.00 bits per heavy atom. The highest BCUT2D eigenvalue weighted by molar-refractivity contribution is 5.79. The van der Waals surface area contributed by atoms with Crippen LogP contribution in [-0.4, -0.2) is 28.2 Å². The van der Waals surface area contributed by atoms with E-state index in [0.717, 1.165) is 0 Å². The topological polar surface area (TPSA) is 57.5 Å². The fraction of sp³-hybridized carbons (Fsp3) is 0.875. The number of hydrogen-bond donors (Lipinski definition) is 2. The first-order valence-electron chi connectivity index (χ1n) is 3.98. The number of aliphatic hydroxyl groups excluding tert-OH is 2. The van der Waals surface area contributed by atoms with Crippen LogP contribution in [0.5, 0.6) is 0 Å². The molecule has 0 amide bonds. The quantitative estimate of drug-likeness (QED) is 0.569. The third-order valence-corrected chi connectivity index (χ3v) is 2.31. The molecule has 3 nitrogen and oxygen atoms in total. The summed E-state index contributed by atoms with van der Waals surface area (Å²) in [7, 11) is 0. The van der Waals surface area contributed by atoms with Crippen LogP contribution in [0.4, 0.5) is 0 Å². The molecular formula is C8H14O3. The molecule has 0 aromatic heterocycles. The molecule has 11 heavy (non-hydrogen) atoms. The molecule has 0 saturated heterocycles. The lowest BCUT2D eigenvalue weighted by Gasteiger charge is -2.28. The first-order valence-corrected chi connectivity index (χ1v) is 3.98. The second-order valence-electron chi connectivity index (χ2n) is 3.25. The van der Waals surface area contributed by atoms with E-state index < -0.39 is 12.2 Å². The first-order chi connectivity index (χ1) is 5.11. The summed E-state index contributed by atoms with van der Waals surface area (Å²) >= 11 is 0. The summed E-state index contributed by atoms with van der Waals surface area (Å²) in [5.41, 5.74) is 0. The molecule has 0 aromatic rings. The second-order valence-corrected chi connectivity index (χ2v) is 3.25. The van der Waals surface area contributed by atoms with Gasteiger partial charge in [0.25, 0.3) is 0 Å². The SMILES string of the molecule is CC(=O)C1CC(O)CCC1O. The maximum atomic E-state index is 10.9. The average molecular weight is 158 g/mol. The number of rotatable bonds is 1. The number of Topliss-reactive ketones (excluding diaryl/α,β-unsaturated/α-hetero) is 1. The van der Waals surface area contributed by atoms with E-state index in [-0.39, 0.29) is 11.7 Å². The van der Waals surface area contributed by atoms with Gasteiger partial charge < -0.3 is 10.2 Å². The van der Waals surface area contributed by atoms with Crippen LogP contribution in [0.15, 0.2) is 0 Å². The summed E-state index contributed by atoms with van der Waals surface area (Å²) in [6.45, 7) is 1.46. The Bertz CT molecular complexity index is 155. The van der Waals surface area contributed by atoms with Crippen LogP contribution >= 0.6 is 0 Å². The molecule has 0 heterocycles. The molecule has 1 rings (SSSR count). The molecule has 2 N–H and O–H groups in total. The van der Waals surface area contributed by atoms with Crippen molar-refractivity contribution in [1.82, 2.24) is 0 Å². The van der Waals surface area contributed by atoms with Gasteiger partial charge in [-0.15, -0.1) is 0 Å². The summed E-state index contributed by atoms with van der Waals surface area (Å²) in [6, 6.07) is 0. The summed E-state index contributed by atoms with van der Waals surface area (Å²) in [6.07, 6.45) is 0.663. The number of carbonyl (C=O) groups is 1. The van der Waals surface area contributed by atoms with E-state index in [1.165, 1.54) is 6.92 Å². The molecule has 0 aromatic carbocycles. The van der Waals surface area contributed by atoms with Crippen molar-refractivity contribution in [3.63, 3.8) is 0 Å². The molecule has 0 aliphatic heterocycles. The van der Waals surface area contributed by atoms with Crippen molar-refractivity contribution in [2.24, 2.45) is 5.92 Å². The molecular weight excluding hydrogens is 144 g/mol. The Hall–Kier alpha value is -0.410. The maximum Gasteiger partial charge on any atom is 0.135 e. The molecule has 1 aliphatic carbocycles. The van der Waals surface area contributed by atoms with E-state index in [1.54, 1.807) is 0 Å². The predicted molar refractivity (Wildman–Crippen MR) is 40.0 cm³/mol. The fourth-order valence-electron chi connectivity index (χ4n) is 1.57. The highest BCUT2D eigenvalue weighted by Crippen LogP contribution is 2.25. The molecule has 0 bridgehead atoms. The van der Waals surface area contributed by atoms with Crippen molar-refractivity contribution in [3.05, 3.63) is 0 Å². The van der Waals surface area contributed by atoms with Gasteiger partial charge in [0.2, 0.25) is 0 Å². The van der Waals surface area contributed by atoms with Crippen molar-refractivity contribution >= 4 is 5.78 Å². The third kappa shape index (κ3) is 2.01. The van der Waals surface area contributed by atoms with E-state index in [2.05, 4.69) is 0 Å². The van der Waals surface area contributed by atoms with E-state index >= 15 is 0 Å². The minimum Gasteiger partial charge on any atom is -0.393 e. The Morgan fingerprint density at radius 1 is 1.36 bits per heavy atom. The van der Waals surface area contributed by atoms with Crippen LogP contribution in [0.3, 0.4) is 0 Å². The second kappa shape index (κ2) is 3.32. The maximum absolute atomic E-state index is 10.9. The normalized spacial score (nSPS) is 38.6. The average Bonchev–Trinajstić information content (AvgIpc) is 1.94. The fourth-order valence-corrected chi connectivity index (χ4v) is 1.57. The van der Waals surface area contributed by atoms with E-state index in [0.29, 0.717) is 19.3 Å². The van der Waals surface area contributed by atoms with Gasteiger partial charge >= 0.3 is 0 Å². The highest BCUT2D eigenvalue weighted by Gasteiger charge is 2.30. The monoisotopic (exact) mass is 158 g/mol. The zero-order valence-electron chi connectivity index (χ0n) is 6.66. The standard InChI is InChI=1S/C8H14O3/c1-5(9)7-4-6(10)2-3-8(7)11/h6-8,10-11H,2-4H2,1H3. The summed E-state index contributed by atoms with van der Waals surface area (Å²) in [5.74, 6) is -0.352. The van der Waals surface area contributed by atoms with Crippen LogP contribution in [0.25, 0.3) is 0 Å². The van der Waals surface area contributed by atoms with Crippen molar-refractivity contribution in [2.75, 3.05) is 0 Å². The molecule has 3 unspecified atom stereocenters. The van der Waals surface area contributed by atoms with Gasteiger partial charge in [-0.05, 0) is 26.2 Å². The summed E-state index contributed by atoms with van der Waals surface area (Å²) < 4.78 is 0. The predicted octanol–water partition coefficient (Wildman–Crippen LogP) is 0.0973. The van der Waals surface area contributed by atoms with Crippen LogP contribution in [-0.2, 0) is 4.79 Å². The van der Waals surface area contributed by atoms with Gasteiger partial charge in [0.1, 0.15) is 5.78 Å². The lowest BCUT2D eigenvalue weighted by molar-refractivity contribution is -0.128. The Morgan fingerprint density at radius 3 is 2.45 bits per heavy atom. The van der Waals surface area contributed by atoms with Crippen LogP contribution in [0.1, 0.15) is 26.2 Å². The van der Waals surface area contributed by atoms with Crippen LogP contribution in [0, 0.1) is 5.92 Å². The zero-order chi connectivity index (χ0) is 8.43. The molecule has 0 radical (unpaired) electrons. The van der Waals surface area contributed by atoms with E-state index in [4.69, 9.17) is 0 Å². The molecule has 0 spiro atoms. The summed E-state index contributed by atoms with van der Waals surface area (Å²) in [4.78, 5) is 10.9. The zero-order valence-corrected chi connectivity index (χ0v) is 6.66.